The molecule has 0 spiro atoms. The fraction of sp³-hybridized carbons (Fsp3) is 0.556. The average molecular weight is 212 g/mol. The second-order valence-corrected chi connectivity index (χ2v) is 3.29. The smallest absolute Gasteiger partial charge is 0.242 e. The van der Waals surface area contributed by atoms with Crippen molar-refractivity contribution in [2.45, 2.75) is 25.9 Å². The van der Waals surface area contributed by atoms with Gasteiger partial charge in [-0.05, 0) is 12.5 Å². The van der Waals surface area contributed by atoms with Gasteiger partial charge >= 0.3 is 0 Å². The van der Waals surface area contributed by atoms with E-state index in [9.17, 15) is 4.79 Å². The number of amides is 1. The number of aliphatic hydroxyl groups excluding tert-OH is 1. The van der Waals surface area contributed by atoms with Crippen LogP contribution in [0.4, 0.5) is 5.82 Å². The van der Waals surface area contributed by atoms with E-state index < -0.39 is 0 Å². The van der Waals surface area contributed by atoms with Crippen molar-refractivity contribution in [3.8, 4) is 0 Å². The maximum atomic E-state index is 11.4. The highest BCUT2D eigenvalue weighted by Gasteiger charge is 2.09. The molecule has 1 atom stereocenters. The SMILES string of the molecule is CCC(CO)NC(=O)Cn1ccc(N)n1. The van der Waals surface area contributed by atoms with E-state index in [4.69, 9.17) is 10.8 Å². The zero-order valence-electron chi connectivity index (χ0n) is 8.68. The molecule has 4 N–H and O–H groups in total. The molecule has 15 heavy (non-hydrogen) atoms. The summed E-state index contributed by atoms with van der Waals surface area (Å²) in [5.41, 5.74) is 5.40. The Morgan fingerprint density at radius 1 is 1.80 bits per heavy atom. The zero-order valence-corrected chi connectivity index (χ0v) is 8.68. The summed E-state index contributed by atoms with van der Waals surface area (Å²) in [5.74, 6) is 0.205. The summed E-state index contributed by atoms with van der Waals surface area (Å²) >= 11 is 0. The summed E-state index contributed by atoms with van der Waals surface area (Å²) in [7, 11) is 0. The first-order chi connectivity index (χ1) is 7.15. The van der Waals surface area contributed by atoms with Crippen molar-refractivity contribution in [1.82, 2.24) is 15.1 Å². The van der Waals surface area contributed by atoms with Crippen LogP contribution in [0.2, 0.25) is 0 Å². The Labute approximate surface area is 88.1 Å². The minimum atomic E-state index is -0.189. The monoisotopic (exact) mass is 212 g/mol. The average Bonchev–Trinajstić information content (AvgIpc) is 2.60. The van der Waals surface area contributed by atoms with Crippen LogP contribution in [0.15, 0.2) is 12.3 Å². The molecule has 6 heteroatoms. The van der Waals surface area contributed by atoms with Crippen molar-refractivity contribution in [2.75, 3.05) is 12.3 Å². The van der Waals surface area contributed by atoms with E-state index in [0.29, 0.717) is 12.2 Å². The molecule has 0 radical (unpaired) electrons. The summed E-state index contributed by atoms with van der Waals surface area (Å²) in [6.45, 7) is 1.96. The maximum Gasteiger partial charge on any atom is 0.242 e. The highest BCUT2D eigenvalue weighted by molar-refractivity contribution is 5.76. The molecular weight excluding hydrogens is 196 g/mol. The summed E-state index contributed by atoms with van der Waals surface area (Å²) in [5, 5.41) is 15.5. The number of aromatic nitrogens is 2. The number of aliphatic hydroxyl groups is 1. The van der Waals surface area contributed by atoms with Gasteiger partial charge in [-0.1, -0.05) is 6.92 Å². The van der Waals surface area contributed by atoms with Gasteiger partial charge in [0, 0.05) is 6.20 Å². The molecule has 0 aliphatic rings. The first-order valence-corrected chi connectivity index (χ1v) is 4.84. The topological polar surface area (TPSA) is 93.2 Å². The van der Waals surface area contributed by atoms with Crippen molar-refractivity contribution >= 4 is 11.7 Å². The minimum Gasteiger partial charge on any atom is -0.394 e. The van der Waals surface area contributed by atoms with E-state index >= 15 is 0 Å². The van der Waals surface area contributed by atoms with Crippen molar-refractivity contribution in [3.63, 3.8) is 0 Å². The number of carbonyl (C=O) groups is 1. The van der Waals surface area contributed by atoms with Gasteiger partial charge in [0.15, 0.2) is 0 Å². The third-order valence-corrected chi connectivity index (χ3v) is 2.05. The normalized spacial score (nSPS) is 12.4. The van der Waals surface area contributed by atoms with Crippen molar-refractivity contribution in [3.05, 3.63) is 12.3 Å². The number of hydrogen-bond donors (Lipinski definition) is 3. The number of nitrogens with two attached hydrogens (primary N) is 1. The van der Waals surface area contributed by atoms with E-state index in [2.05, 4.69) is 10.4 Å². The number of carbonyl (C=O) groups excluding carboxylic acids is 1. The maximum absolute atomic E-state index is 11.4. The van der Waals surface area contributed by atoms with Gasteiger partial charge < -0.3 is 16.2 Å². The fourth-order valence-electron chi connectivity index (χ4n) is 1.16. The summed E-state index contributed by atoms with van der Waals surface area (Å²) in [6.07, 6.45) is 2.33. The Hall–Kier alpha value is -1.56. The Morgan fingerprint density at radius 3 is 3.00 bits per heavy atom. The van der Waals surface area contributed by atoms with Crippen LogP contribution in [0, 0.1) is 0 Å². The first kappa shape index (κ1) is 11.5. The molecule has 0 bridgehead atoms. The number of nitrogens with zero attached hydrogens (tertiary/aromatic N) is 2. The lowest BCUT2D eigenvalue weighted by Crippen LogP contribution is -2.38. The lowest BCUT2D eigenvalue weighted by Gasteiger charge is -2.13. The number of anilines is 1. The second kappa shape index (κ2) is 5.35. The Bertz CT molecular complexity index is 320. The molecule has 1 heterocycles. The van der Waals surface area contributed by atoms with Gasteiger partial charge in [0.05, 0.1) is 12.6 Å². The Morgan fingerprint density at radius 2 is 2.53 bits per heavy atom. The molecule has 0 aliphatic heterocycles. The van der Waals surface area contributed by atoms with Crippen LogP contribution in [0.1, 0.15) is 13.3 Å². The van der Waals surface area contributed by atoms with Gasteiger partial charge in [0.25, 0.3) is 0 Å². The standard InChI is InChI=1S/C9H16N4O2/c1-2-7(6-14)11-9(15)5-13-4-3-8(10)12-13/h3-4,7,14H,2,5-6H2,1H3,(H2,10,12)(H,11,15). The number of rotatable bonds is 5. The van der Waals surface area contributed by atoms with Gasteiger partial charge in [-0.15, -0.1) is 0 Å². The van der Waals surface area contributed by atoms with E-state index in [1.54, 1.807) is 12.3 Å². The molecule has 1 aromatic rings. The Kier molecular flexibility index (Phi) is 4.11. The first-order valence-electron chi connectivity index (χ1n) is 4.84. The quantitative estimate of drug-likeness (QED) is 0.604. The van der Waals surface area contributed by atoms with Crippen molar-refractivity contribution in [2.24, 2.45) is 0 Å². The fourth-order valence-corrected chi connectivity index (χ4v) is 1.16. The zero-order chi connectivity index (χ0) is 11.3. The van der Waals surface area contributed by atoms with Gasteiger partial charge in [-0.3, -0.25) is 9.48 Å². The molecule has 0 fully saturated rings. The van der Waals surface area contributed by atoms with Crippen LogP contribution in [-0.2, 0) is 11.3 Å². The van der Waals surface area contributed by atoms with Gasteiger partial charge in [-0.2, -0.15) is 5.10 Å². The summed E-state index contributed by atoms with van der Waals surface area (Å²) in [6, 6.07) is 1.43. The molecule has 0 aromatic carbocycles. The van der Waals surface area contributed by atoms with Crippen molar-refractivity contribution < 1.29 is 9.90 Å². The van der Waals surface area contributed by atoms with E-state index in [1.165, 1.54) is 4.68 Å². The molecular formula is C9H16N4O2. The van der Waals surface area contributed by atoms with Crippen LogP contribution in [0.5, 0.6) is 0 Å². The van der Waals surface area contributed by atoms with Crippen LogP contribution in [-0.4, -0.2) is 33.4 Å². The highest BCUT2D eigenvalue weighted by atomic mass is 16.3. The van der Waals surface area contributed by atoms with Crippen LogP contribution in [0.3, 0.4) is 0 Å². The molecule has 0 saturated heterocycles. The molecule has 1 rings (SSSR count). The van der Waals surface area contributed by atoms with Gasteiger partial charge in [0.1, 0.15) is 12.4 Å². The lowest BCUT2D eigenvalue weighted by molar-refractivity contribution is -0.122. The Balaban J connectivity index is 2.42. The summed E-state index contributed by atoms with van der Waals surface area (Å²) < 4.78 is 1.45. The predicted molar refractivity (Wildman–Crippen MR) is 55.9 cm³/mol. The van der Waals surface area contributed by atoms with Crippen molar-refractivity contribution in [1.29, 1.82) is 0 Å². The van der Waals surface area contributed by atoms with E-state index in [0.717, 1.165) is 0 Å². The van der Waals surface area contributed by atoms with Crippen LogP contribution < -0.4 is 11.1 Å². The highest BCUT2D eigenvalue weighted by Crippen LogP contribution is 1.96. The summed E-state index contributed by atoms with van der Waals surface area (Å²) in [4.78, 5) is 11.4. The molecule has 6 nitrogen and oxygen atoms in total. The molecule has 0 saturated carbocycles. The molecule has 84 valence electrons. The lowest BCUT2D eigenvalue weighted by atomic mass is 10.2. The van der Waals surface area contributed by atoms with E-state index in [1.807, 2.05) is 6.92 Å². The molecule has 1 amide bonds. The third kappa shape index (κ3) is 3.59. The minimum absolute atomic E-state index is 0.0521. The molecule has 0 aliphatic carbocycles. The largest absolute Gasteiger partial charge is 0.394 e. The second-order valence-electron chi connectivity index (χ2n) is 3.29. The number of nitrogens with one attached hydrogen (secondary N) is 1. The van der Waals surface area contributed by atoms with E-state index in [-0.39, 0.29) is 25.1 Å². The van der Waals surface area contributed by atoms with Crippen LogP contribution in [0.25, 0.3) is 0 Å². The number of nitrogen functional groups attached to an aromatic ring is 1. The number of hydrogen-bond acceptors (Lipinski definition) is 4. The van der Waals surface area contributed by atoms with Gasteiger partial charge in [-0.25, -0.2) is 0 Å². The molecule has 1 unspecified atom stereocenters. The third-order valence-electron chi connectivity index (χ3n) is 2.05. The predicted octanol–water partition coefficient (Wildman–Crippen LogP) is -0.648. The van der Waals surface area contributed by atoms with Crippen LogP contribution >= 0.6 is 0 Å². The molecule has 1 aromatic heterocycles. The van der Waals surface area contributed by atoms with Gasteiger partial charge in [0.2, 0.25) is 5.91 Å².